The van der Waals surface area contributed by atoms with Gasteiger partial charge < -0.3 is 14.8 Å². The van der Waals surface area contributed by atoms with E-state index in [-0.39, 0.29) is 6.29 Å². The molecule has 0 spiro atoms. The van der Waals surface area contributed by atoms with E-state index in [4.69, 9.17) is 9.47 Å². The average Bonchev–Trinajstić information content (AvgIpc) is 2.31. The molecule has 0 aromatic rings. The Kier molecular flexibility index (Phi) is 6.22. The van der Waals surface area contributed by atoms with E-state index in [1.54, 1.807) is 14.2 Å². The second-order valence-corrected chi connectivity index (χ2v) is 4.37. The molecular weight excluding hydrogens is 190 g/mol. The normalized spacial score (nSPS) is 27.2. The van der Waals surface area contributed by atoms with E-state index in [2.05, 4.69) is 12.2 Å². The highest BCUT2D eigenvalue weighted by atomic mass is 16.7. The summed E-state index contributed by atoms with van der Waals surface area (Å²) in [4.78, 5) is 0. The highest BCUT2D eigenvalue weighted by molar-refractivity contribution is 4.80. The van der Waals surface area contributed by atoms with Crippen LogP contribution < -0.4 is 5.32 Å². The molecule has 2 atom stereocenters. The van der Waals surface area contributed by atoms with Crippen molar-refractivity contribution in [3.05, 3.63) is 0 Å². The lowest BCUT2D eigenvalue weighted by atomic mass is 9.83. The highest BCUT2D eigenvalue weighted by Gasteiger charge is 2.23. The summed E-state index contributed by atoms with van der Waals surface area (Å²) in [5, 5.41) is 3.57. The van der Waals surface area contributed by atoms with Crippen molar-refractivity contribution in [2.24, 2.45) is 5.92 Å². The predicted octanol–water partition coefficient (Wildman–Crippen LogP) is 2.16. The molecule has 1 saturated carbocycles. The van der Waals surface area contributed by atoms with Crippen LogP contribution >= 0.6 is 0 Å². The molecule has 0 bridgehead atoms. The van der Waals surface area contributed by atoms with Crippen LogP contribution in [0.1, 0.15) is 39.0 Å². The molecule has 0 amide bonds. The molecule has 0 aromatic carbocycles. The molecule has 3 nitrogen and oxygen atoms in total. The Bertz CT molecular complexity index is 160. The van der Waals surface area contributed by atoms with Gasteiger partial charge in [0.2, 0.25) is 0 Å². The quantitative estimate of drug-likeness (QED) is 0.689. The van der Waals surface area contributed by atoms with Crippen molar-refractivity contribution in [3.63, 3.8) is 0 Å². The number of hydrogen-bond donors (Lipinski definition) is 1. The Balaban J connectivity index is 2.28. The summed E-state index contributed by atoms with van der Waals surface area (Å²) in [6.45, 7) is 3.09. The van der Waals surface area contributed by atoms with E-state index >= 15 is 0 Å². The highest BCUT2D eigenvalue weighted by Crippen LogP contribution is 2.26. The zero-order valence-electron chi connectivity index (χ0n) is 10.3. The van der Waals surface area contributed by atoms with Gasteiger partial charge in [0.1, 0.15) is 0 Å². The van der Waals surface area contributed by atoms with Gasteiger partial charge in [0.25, 0.3) is 0 Å². The van der Waals surface area contributed by atoms with Crippen molar-refractivity contribution in [3.8, 4) is 0 Å². The van der Waals surface area contributed by atoms with Crippen molar-refractivity contribution in [1.29, 1.82) is 0 Å². The first-order chi connectivity index (χ1) is 7.31. The molecule has 1 fully saturated rings. The Hall–Kier alpha value is -0.120. The van der Waals surface area contributed by atoms with Crippen LogP contribution in [0.15, 0.2) is 0 Å². The average molecular weight is 215 g/mol. The van der Waals surface area contributed by atoms with E-state index in [0.717, 1.165) is 12.5 Å². The molecular formula is C12H25NO2. The monoisotopic (exact) mass is 215 g/mol. The minimum atomic E-state index is -0.107. The van der Waals surface area contributed by atoms with Crippen LogP contribution in [0.25, 0.3) is 0 Å². The molecule has 90 valence electrons. The summed E-state index contributed by atoms with van der Waals surface area (Å²) in [7, 11) is 3.38. The topological polar surface area (TPSA) is 30.5 Å². The third-order valence-electron chi connectivity index (χ3n) is 3.51. The summed E-state index contributed by atoms with van der Waals surface area (Å²) >= 11 is 0. The van der Waals surface area contributed by atoms with Crippen LogP contribution in [-0.2, 0) is 9.47 Å². The zero-order valence-corrected chi connectivity index (χ0v) is 10.3. The number of hydrogen-bond acceptors (Lipinski definition) is 3. The fourth-order valence-electron chi connectivity index (χ4n) is 2.48. The van der Waals surface area contributed by atoms with Gasteiger partial charge in [-0.25, -0.2) is 0 Å². The number of rotatable bonds is 6. The lowest BCUT2D eigenvalue weighted by Gasteiger charge is -2.32. The molecule has 0 radical (unpaired) electrons. The number of ether oxygens (including phenoxy) is 2. The zero-order chi connectivity index (χ0) is 11.1. The summed E-state index contributed by atoms with van der Waals surface area (Å²) in [5.41, 5.74) is 0. The smallest absolute Gasteiger partial charge is 0.169 e. The second-order valence-electron chi connectivity index (χ2n) is 4.37. The maximum absolute atomic E-state index is 5.17. The van der Waals surface area contributed by atoms with Crippen LogP contribution in [0.3, 0.4) is 0 Å². The summed E-state index contributed by atoms with van der Waals surface area (Å²) in [5.74, 6) is 0.841. The Labute approximate surface area is 93.5 Å². The van der Waals surface area contributed by atoms with Gasteiger partial charge in [-0.05, 0) is 18.8 Å². The molecule has 1 N–H and O–H groups in total. The van der Waals surface area contributed by atoms with Crippen molar-refractivity contribution in [1.82, 2.24) is 5.32 Å². The van der Waals surface area contributed by atoms with Gasteiger partial charge in [-0.15, -0.1) is 0 Å². The van der Waals surface area contributed by atoms with Crippen LogP contribution in [0, 0.1) is 5.92 Å². The molecule has 0 saturated heterocycles. The molecule has 1 aliphatic rings. The van der Waals surface area contributed by atoms with E-state index in [0.29, 0.717) is 6.04 Å². The van der Waals surface area contributed by atoms with Crippen molar-refractivity contribution >= 4 is 0 Å². The van der Waals surface area contributed by atoms with Gasteiger partial charge in [-0.3, -0.25) is 0 Å². The summed E-state index contributed by atoms with van der Waals surface area (Å²) in [6, 6.07) is 0.663. The third kappa shape index (κ3) is 4.09. The van der Waals surface area contributed by atoms with Crippen molar-refractivity contribution in [2.75, 3.05) is 20.8 Å². The van der Waals surface area contributed by atoms with E-state index in [1.807, 2.05) is 0 Å². The third-order valence-corrected chi connectivity index (χ3v) is 3.51. The Morgan fingerprint density at radius 3 is 2.47 bits per heavy atom. The van der Waals surface area contributed by atoms with Gasteiger partial charge in [0, 0.05) is 26.8 Å². The van der Waals surface area contributed by atoms with Gasteiger partial charge in [-0.1, -0.05) is 26.2 Å². The molecule has 1 aliphatic carbocycles. The Morgan fingerprint density at radius 1 is 1.20 bits per heavy atom. The lowest BCUT2D eigenvalue weighted by Crippen LogP contribution is -2.42. The SMILES string of the molecule is CCC1CCCCC1NCC(OC)OC. The van der Waals surface area contributed by atoms with Crippen molar-refractivity contribution < 1.29 is 9.47 Å². The molecule has 15 heavy (non-hydrogen) atoms. The fraction of sp³-hybridized carbons (Fsp3) is 1.00. The second kappa shape index (κ2) is 7.20. The van der Waals surface area contributed by atoms with Gasteiger partial charge in [-0.2, -0.15) is 0 Å². The van der Waals surface area contributed by atoms with Gasteiger partial charge in [0.15, 0.2) is 6.29 Å². The molecule has 0 aliphatic heterocycles. The first-order valence-corrected chi connectivity index (χ1v) is 6.10. The van der Waals surface area contributed by atoms with Crippen LogP contribution in [0.5, 0.6) is 0 Å². The summed E-state index contributed by atoms with van der Waals surface area (Å²) < 4.78 is 10.3. The minimum Gasteiger partial charge on any atom is -0.355 e. The predicted molar refractivity (Wildman–Crippen MR) is 61.8 cm³/mol. The minimum absolute atomic E-state index is 0.107. The Morgan fingerprint density at radius 2 is 1.87 bits per heavy atom. The van der Waals surface area contributed by atoms with Crippen molar-refractivity contribution in [2.45, 2.75) is 51.4 Å². The molecule has 0 heterocycles. The largest absolute Gasteiger partial charge is 0.355 e. The van der Waals surface area contributed by atoms with Gasteiger partial charge >= 0.3 is 0 Å². The lowest BCUT2D eigenvalue weighted by molar-refractivity contribution is -0.101. The standard InChI is InChI=1S/C12H25NO2/c1-4-10-7-5-6-8-11(10)13-9-12(14-2)15-3/h10-13H,4-9H2,1-3H3. The molecule has 0 aromatic heterocycles. The maximum Gasteiger partial charge on any atom is 0.169 e. The first kappa shape index (κ1) is 12.9. The maximum atomic E-state index is 5.17. The molecule has 1 rings (SSSR count). The first-order valence-electron chi connectivity index (χ1n) is 6.10. The van der Waals surface area contributed by atoms with Crippen LogP contribution in [0.2, 0.25) is 0 Å². The van der Waals surface area contributed by atoms with Crippen LogP contribution in [-0.4, -0.2) is 33.1 Å². The van der Waals surface area contributed by atoms with E-state index in [1.165, 1.54) is 32.1 Å². The van der Waals surface area contributed by atoms with E-state index in [9.17, 15) is 0 Å². The number of methoxy groups -OCH3 is 2. The van der Waals surface area contributed by atoms with Gasteiger partial charge in [0.05, 0.1) is 0 Å². The molecule has 2 unspecified atom stereocenters. The fourth-order valence-corrected chi connectivity index (χ4v) is 2.48. The van der Waals surface area contributed by atoms with Crippen LogP contribution in [0.4, 0.5) is 0 Å². The van der Waals surface area contributed by atoms with E-state index < -0.39 is 0 Å². The summed E-state index contributed by atoms with van der Waals surface area (Å²) in [6.07, 6.45) is 6.61. The number of nitrogens with one attached hydrogen (secondary N) is 1. The molecule has 3 heteroatoms.